The molecule has 0 aromatic rings. The van der Waals surface area contributed by atoms with Crippen molar-refractivity contribution < 1.29 is 37.6 Å². The van der Waals surface area contributed by atoms with Gasteiger partial charge in [-0.1, -0.05) is 138 Å². The van der Waals surface area contributed by atoms with Gasteiger partial charge in [-0.25, -0.2) is 4.57 Å². The Morgan fingerprint density at radius 3 is 1.60 bits per heavy atom. The Morgan fingerprint density at radius 2 is 1.05 bits per heavy atom. The topological polar surface area (TPSA) is 112 Å². The van der Waals surface area contributed by atoms with Crippen LogP contribution in [-0.4, -0.2) is 68.3 Å². The van der Waals surface area contributed by atoms with Crippen LogP contribution in [0.1, 0.15) is 155 Å². The average Bonchev–Trinajstić information content (AvgIpc) is 3.15. The fraction of sp³-hybridized carbons (Fsp3) is 0.689. The second-order valence-electron chi connectivity index (χ2n) is 14.1. The molecule has 2 atom stereocenters. The SMILES string of the molecule is CC/C=C\C/C=C\C/C=C\CCCCCCCC(=O)OC(COC(=O)CCC/C=C\C/C=C\C/C=C\CCCCCCCC)COP(=O)(O)OCCN(C)C. The number of likely N-dealkylation sites (N-methyl/N-ethyl adjacent to an activating group) is 1. The standard InChI is InChI=1S/C45H78NO8P/c1-5-7-9-11-13-15-17-19-21-22-24-25-27-29-31-33-35-37-44(47)51-41-43(42-53-55(49,50)52-40-39-46(3)4)54-45(48)38-36-34-32-30-28-26-23-20-18-16-14-12-10-8-6-2/h8,10,14,16,19-21,23-25,29,31,43H,5-7,9,11-13,15,17-18,22,26-28,30,32-42H2,1-4H3,(H,49,50)/b10-8-,16-14-,21-19-,23-20-,25-24-,31-29-. The van der Waals surface area contributed by atoms with Crippen molar-refractivity contribution in [3.8, 4) is 0 Å². The second-order valence-corrected chi connectivity index (χ2v) is 15.6. The molecule has 10 heteroatoms. The number of unbranched alkanes of at least 4 members (excludes halogenated alkanes) is 12. The molecule has 0 aliphatic carbocycles. The molecule has 0 fully saturated rings. The Morgan fingerprint density at radius 1 is 0.582 bits per heavy atom. The zero-order valence-electron chi connectivity index (χ0n) is 35.1. The van der Waals surface area contributed by atoms with Crippen molar-refractivity contribution in [3.63, 3.8) is 0 Å². The van der Waals surface area contributed by atoms with Crippen LogP contribution < -0.4 is 0 Å². The van der Waals surface area contributed by atoms with E-state index >= 15 is 0 Å². The van der Waals surface area contributed by atoms with E-state index in [9.17, 15) is 19.0 Å². The summed E-state index contributed by atoms with van der Waals surface area (Å²) in [6.45, 7) is 4.10. The summed E-state index contributed by atoms with van der Waals surface area (Å²) in [5.74, 6) is -0.891. The number of allylic oxidation sites excluding steroid dienone is 12. The number of phosphoric acid groups is 1. The van der Waals surface area contributed by atoms with Gasteiger partial charge in [-0.3, -0.25) is 18.6 Å². The Hall–Kier alpha value is -2.55. The molecule has 0 saturated carbocycles. The number of hydrogen-bond donors (Lipinski definition) is 1. The molecular formula is C45H78NO8P. The first kappa shape index (κ1) is 52.5. The lowest BCUT2D eigenvalue weighted by atomic mass is 10.1. The largest absolute Gasteiger partial charge is 0.472 e. The molecule has 0 aromatic carbocycles. The van der Waals surface area contributed by atoms with Crippen molar-refractivity contribution in [1.29, 1.82) is 0 Å². The quantitative estimate of drug-likeness (QED) is 0.0283. The number of carbonyl (C=O) groups excluding carboxylic acids is 2. The van der Waals surface area contributed by atoms with Crippen molar-refractivity contribution in [3.05, 3.63) is 72.9 Å². The Labute approximate surface area is 336 Å². The predicted octanol–water partition coefficient (Wildman–Crippen LogP) is 12.1. The summed E-state index contributed by atoms with van der Waals surface area (Å²) in [6, 6.07) is 0. The van der Waals surface area contributed by atoms with Gasteiger partial charge >= 0.3 is 19.8 Å². The van der Waals surface area contributed by atoms with Crippen molar-refractivity contribution in [1.82, 2.24) is 4.90 Å². The van der Waals surface area contributed by atoms with Gasteiger partial charge in [-0.2, -0.15) is 0 Å². The third kappa shape index (κ3) is 40.9. The van der Waals surface area contributed by atoms with Crippen LogP contribution in [0.3, 0.4) is 0 Å². The Bertz CT molecular complexity index is 1140. The number of phosphoric ester groups is 1. The second kappa shape index (κ2) is 39.7. The van der Waals surface area contributed by atoms with Crippen molar-refractivity contribution in [2.75, 3.05) is 40.5 Å². The highest BCUT2D eigenvalue weighted by molar-refractivity contribution is 7.47. The molecule has 0 rings (SSSR count). The van der Waals surface area contributed by atoms with Crippen LogP contribution in [0, 0.1) is 0 Å². The maximum atomic E-state index is 12.6. The first-order chi connectivity index (χ1) is 26.7. The van der Waals surface area contributed by atoms with E-state index in [-0.39, 0.29) is 26.1 Å². The van der Waals surface area contributed by atoms with Crippen LogP contribution in [0.5, 0.6) is 0 Å². The monoisotopic (exact) mass is 792 g/mol. The summed E-state index contributed by atoms with van der Waals surface area (Å²) in [5.41, 5.74) is 0. The molecule has 2 unspecified atom stereocenters. The highest BCUT2D eigenvalue weighted by Crippen LogP contribution is 2.43. The number of esters is 2. The minimum absolute atomic E-state index is 0.00746. The van der Waals surface area contributed by atoms with Crippen molar-refractivity contribution in [2.24, 2.45) is 0 Å². The van der Waals surface area contributed by atoms with E-state index in [1.165, 1.54) is 38.5 Å². The molecule has 0 amide bonds. The molecule has 1 N–H and O–H groups in total. The van der Waals surface area contributed by atoms with Crippen molar-refractivity contribution >= 4 is 19.8 Å². The summed E-state index contributed by atoms with van der Waals surface area (Å²) in [5, 5.41) is 0. The fourth-order valence-electron chi connectivity index (χ4n) is 5.25. The minimum Gasteiger partial charge on any atom is -0.462 e. The van der Waals surface area contributed by atoms with Gasteiger partial charge in [0.25, 0.3) is 0 Å². The first-order valence-corrected chi connectivity index (χ1v) is 22.7. The molecule has 0 aromatic heterocycles. The van der Waals surface area contributed by atoms with Gasteiger partial charge in [0.05, 0.1) is 13.2 Å². The van der Waals surface area contributed by atoms with E-state index in [2.05, 4.69) is 86.8 Å². The summed E-state index contributed by atoms with van der Waals surface area (Å²) in [7, 11) is -0.751. The zero-order valence-corrected chi connectivity index (χ0v) is 36.0. The normalized spacial score (nSPS) is 14.1. The number of hydrogen-bond acceptors (Lipinski definition) is 8. The molecule has 0 aliphatic rings. The summed E-state index contributed by atoms with van der Waals surface area (Å²) in [6.07, 6.45) is 46.7. The van der Waals surface area contributed by atoms with E-state index in [4.69, 9.17) is 18.5 Å². The van der Waals surface area contributed by atoms with Gasteiger partial charge in [0, 0.05) is 19.4 Å². The van der Waals surface area contributed by atoms with Gasteiger partial charge in [0.15, 0.2) is 6.10 Å². The van der Waals surface area contributed by atoms with Crippen LogP contribution in [0.4, 0.5) is 0 Å². The molecule has 0 heterocycles. The molecule has 0 aliphatic heterocycles. The van der Waals surface area contributed by atoms with E-state index in [0.29, 0.717) is 19.4 Å². The lowest BCUT2D eigenvalue weighted by Crippen LogP contribution is -2.29. The lowest BCUT2D eigenvalue weighted by Gasteiger charge is -2.20. The van der Waals surface area contributed by atoms with Crippen LogP contribution in [0.15, 0.2) is 72.9 Å². The third-order valence-corrected chi connectivity index (χ3v) is 9.48. The summed E-state index contributed by atoms with van der Waals surface area (Å²) < 4.78 is 33.4. The molecule has 0 radical (unpaired) electrons. The van der Waals surface area contributed by atoms with Crippen LogP contribution >= 0.6 is 7.82 Å². The van der Waals surface area contributed by atoms with E-state index in [1.807, 2.05) is 14.1 Å². The summed E-state index contributed by atoms with van der Waals surface area (Å²) >= 11 is 0. The number of ether oxygens (including phenoxy) is 2. The molecule has 0 saturated heterocycles. The predicted molar refractivity (Wildman–Crippen MR) is 229 cm³/mol. The minimum atomic E-state index is -4.38. The van der Waals surface area contributed by atoms with Crippen molar-refractivity contribution in [2.45, 2.75) is 161 Å². The van der Waals surface area contributed by atoms with Gasteiger partial charge in [-0.15, -0.1) is 0 Å². The maximum absolute atomic E-state index is 12.6. The molecule has 9 nitrogen and oxygen atoms in total. The Kier molecular flexibility index (Phi) is 37.8. The summed E-state index contributed by atoms with van der Waals surface area (Å²) in [4.78, 5) is 37.0. The smallest absolute Gasteiger partial charge is 0.462 e. The van der Waals surface area contributed by atoms with Crippen LogP contribution in [0.25, 0.3) is 0 Å². The molecule has 316 valence electrons. The maximum Gasteiger partial charge on any atom is 0.472 e. The Balaban J connectivity index is 4.43. The highest BCUT2D eigenvalue weighted by Gasteiger charge is 2.26. The van der Waals surface area contributed by atoms with Crippen LogP contribution in [-0.2, 0) is 32.7 Å². The van der Waals surface area contributed by atoms with Gasteiger partial charge in [0.1, 0.15) is 6.61 Å². The molecule has 0 bridgehead atoms. The highest BCUT2D eigenvalue weighted by atomic mass is 31.2. The number of nitrogens with zero attached hydrogens (tertiary/aromatic N) is 1. The molecular weight excluding hydrogens is 713 g/mol. The first-order valence-electron chi connectivity index (χ1n) is 21.2. The fourth-order valence-corrected chi connectivity index (χ4v) is 5.99. The van der Waals surface area contributed by atoms with E-state index in [1.54, 1.807) is 4.90 Å². The van der Waals surface area contributed by atoms with E-state index in [0.717, 1.165) is 77.0 Å². The van der Waals surface area contributed by atoms with Gasteiger partial charge in [-0.05, 0) is 91.1 Å². The lowest BCUT2D eigenvalue weighted by molar-refractivity contribution is -0.161. The van der Waals surface area contributed by atoms with E-state index < -0.39 is 32.5 Å². The number of rotatable bonds is 38. The van der Waals surface area contributed by atoms with Gasteiger partial charge < -0.3 is 19.3 Å². The number of carbonyl (C=O) groups is 2. The van der Waals surface area contributed by atoms with Gasteiger partial charge in [0.2, 0.25) is 0 Å². The average molecular weight is 792 g/mol. The molecule has 55 heavy (non-hydrogen) atoms. The van der Waals surface area contributed by atoms with Crippen LogP contribution in [0.2, 0.25) is 0 Å². The molecule has 0 spiro atoms. The zero-order chi connectivity index (χ0) is 40.5. The third-order valence-electron chi connectivity index (χ3n) is 8.50.